The van der Waals surface area contributed by atoms with Crippen molar-refractivity contribution < 1.29 is 9.47 Å². The molecule has 1 aromatic carbocycles. The van der Waals surface area contributed by atoms with Crippen molar-refractivity contribution in [2.45, 2.75) is 12.2 Å². The normalized spacial score (nSPS) is 13.9. The molecule has 2 nitrogen and oxygen atoms in total. The second-order valence-corrected chi connectivity index (χ2v) is 3.10. The predicted octanol–water partition coefficient (Wildman–Crippen LogP) is 3.22. The van der Waals surface area contributed by atoms with Crippen molar-refractivity contribution in [2.75, 3.05) is 7.11 Å². The highest BCUT2D eigenvalue weighted by Crippen LogP contribution is 2.30. The molecule has 80 valence electrons. The minimum atomic E-state index is -0.801. The largest absolute Gasteiger partial charge is 0.466 e. The summed E-state index contributed by atoms with van der Waals surface area (Å²) >= 11 is 0. The van der Waals surface area contributed by atoms with E-state index in [1.807, 2.05) is 30.3 Å². The van der Waals surface area contributed by atoms with E-state index in [4.69, 9.17) is 9.47 Å². The number of hydrogen-bond donors (Lipinski definition) is 0. The summed E-state index contributed by atoms with van der Waals surface area (Å²) in [5.74, 6) is -0.801. The topological polar surface area (TPSA) is 18.5 Å². The zero-order valence-corrected chi connectivity index (χ0v) is 8.98. The molecule has 0 N–H and O–H groups in total. The summed E-state index contributed by atoms with van der Waals surface area (Å²) in [5.41, 5.74) is 0.951. The maximum Gasteiger partial charge on any atom is 0.239 e. The molecular weight excluding hydrogens is 188 g/mol. The molecule has 1 atom stereocenters. The Morgan fingerprint density at radius 2 is 1.93 bits per heavy atom. The van der Waals surface area contributed by atoms with Crippen LogP contribution < -0.4 is 0 Å². The fraction of sp³-hybridized carbons (Fsp3) is 0.231. The van der Waals surface area contributed by atoms with Crippen molar-refractivity contribution in [3.05, 3.63) is 61.4 Å². The van der Waals surface area contributed by atoms with Crippen LogP contribution in [0.15, 0.2) is 55.8 Å². The average molecular weight is 204 g/mol. The summed E-state index contributed by atoms with van der Waals surface area (Å²) < 4.78 is 10.9. The quantitative estimate of drug-likeness (QED) is 0.402. The first kappa shape index (κ1) is 11.5. The van der Waals surface area contributed by atoms with E-state index in [1.165, 1.54) is 6.26 Å². The van der Waals surface area contributed by atoms with E-state index in [9.17, 15) is 0 Å². The lowest BCUT2D eigenvalue weighted by atomic mass is 10.0. The Balaban J connectivity index is 3.07. The number of methoxy groups -OCH3 is 1. The molecule has 0 aliphatic carbocycles. The van der Waals surface area contributed by atoms with Crippen molar-refractivity contribution in [3.63, 3.8) is 0 Å². The van der Waals surface area contributed by atoms with Crippen LogP contribution in [0.2, 0.25) is 0 Å². The van der Waals surface area contributed by atoms with E-state index >= 15 is 0 Å². The number of ether oxygens (including phenoxy) is 2. The Morgan fingerprint density at radius 3 is 2.40 bits per heavy atom. The lowest BCUT2D eigenvalue weighted by Gasteiger charge is -2.30. The molecule has 0 fully saturated rings. The van der Waals surface area contributed by atoms with Crippen LogP contribution in [0.3, 0.4) is 0 Å². The Labute approximate surface area is 90.8 Å². The van der Waals surface area contributed by atoms with Crippen LogP contribution in [-0.4, -0.2) is 7.11 Å². The van der Waals surface area contributed by atoms with Crippen LogP contribution in [0.25, 0.3) is 0 Å². The highest BCUT2D eigenvalue weighted by molar-refractivity contribution is 5.21. The van der Waals surface area contributed by atoms with Crippen LogP contribution in [0.5, 0.6) is 0 Å². The molecule has 0 aliphatic rings. The second-order valence-electron chi connectivity index (χ2n) is 3.10. The molecule has 0 aromatic heterocycles. The highest BCUT2D eigenvalue weighted by Gasteiger charge is 2.31. The van der Waals surface area contributed by atoms with Crippen molar-refractivity contribution >= 4 is 0 Å². The SMILES string of the molecule is C=CCC(OC)(OC=C)c1ccccc1. The van der Waals surface area contributed by atoms with E-state index in [0.29, 0.717) is 6.42 Å². The Morgan fingerprint density at radius 1 is 1.27 bits per heavy atom. The fourth-order valence-electron chi connectivity index (χ4n) is 1.50. The van der Waals surface area contributed by atoms with Crippen molar-refractivity contribution in [2.24, 2.45) is 0 Å². The molecule has 0 saturated heterocycles. The first-order chi connectivity index (χ1) is 7.29. The van der Waals surface area contributed by atoms with E-state index in [2.05, 4.69) is 13.2 Å². The Bertz CT molecular complexity index is 307. The zero-order valence-electron chi connectivity index (χ0n) is 8.98. The lowest BCUT2D eigenvalue weighted by Crippen LogP contribution is -2.29. The molecule has 15 heavy (non-hydrogen) atoms. The fourth-order valence-corrected chi connectivity index (χ4v) is 1.50. The van der Waals surface area contributed by atoms with Crippen molar-refractivity contribution in [1.82, 2.24) is 0 Å². The molecule has 1 rings (SSSR count). The first-order valence-corrected chi connectivity index (χ1v) is 4.79. The lowest BCUT2D eigenvalue weighted by molar-refractivity contribution is -0.196. The number of hydrogen-bond acceptors (Lipinski definition) is 2. The third-order valence-corrected chi connectivity index (χ3v) is 2.23. The summed E-state index contributed by atoms with van der Waals surface area (Å²) in [6.07, 6.45) is 3.72. The van der Waals surface area contributed by atoms with Gasteiger partial charge >= 0.3 is 0 Å². The molecule has 0 aliphatic heterocycles. The van der Waals surface area contributed by atoms with Crippen molar-refractivity contribution in [3.8, 4) is 0 Å². The second kappa shape index (κ2) is 5.37. The van der Waals surface area contributed by atoms with Crippen LogP contribution in [0.4, 0.5) is 0 Å². The highest BCUT2D eigenvalue weighted by atomic mass is 16.7. The van der Waals surface area contributed by atoms with Gasteiger partial charge in [-0.25, -0.2) is 0 Å². The zero-order chi connectivity index (χ0) is 11.1. The van der Waals surface area contributed by atoms with Gasteiger partial charge in [0.2, 0.25) is 5.79 Å². The van der Waals surface area contributed by atoms with E-state index in [1.54, 1.807) is 13.2 Å². The van der Waals surface area contributed by atoms with Crippen LogP contribution in [0, 0.1) is 0 Å². The smallest absolute Gasteiger partial charge is 0.239 e. The van der Waals surface area contributed by atoms with Gasteiger partial charge in [-0.05, 0) is 0 Å². The van der Waals surface area contributed by atoms with Crippen LogP contribution >= 0.6 is 0 Å². The van der Waals surface area contributed by atoms with Gasteiger partial charge in [0, 0.05) is 19.1 Å². The van der Waals surface area contributed by atoms with E-state index in [0.717, 1.165) is 5.56 Å². The van der Waals surface area contributed by atoms with Crippen LogP contribution in [0.1, 0.15) is 12.0 Å². The van der Waals surface area contributed by atoms with Gasteiger partial charge in [-0.15, -0.1) is 6.58 Å². The summed E-state index contributed by atoms with van der Waals surface area (Å²) in [7, 11) is 1.61. The maximum absolute atomic E-state index is 5.48. The van der Waals surface area contributed by atoms with E-state index in [-0.39, 0.29) is 0 Å². The van der Waals surface area contributed by atoms with Crippen LogP contribution in [-0.2, 0) is 15.3 Å². The van der Waals surface area contributed by atoms with Crippen molar-refractivity contribution in [1.29, 1.82) is 0 Å². The van der Waals surface area contributed by atoms with Gasteiger partial charge in [0.05, 0.1) is 6.26 Å². The molecule has 0 heterocycles. The molecule has 2 heteroatoms. The van der Waals surface area contributed by atoms with Gasteiger partial charge in [-0.3, -0.25) is 0 Å². The molecule has 0 radical (unpaired) electrons. The number of rotatable bonds is 6. The van der Waals surface area contributed by atoms with Gasteiger partial charge in [-0.2, -0.15) is 0 Å². The summed E-state index contributed by atoms with van der Waals surface area (Å²) in [6.45, 7) is 7.27. The minimum Gasteiger partial charge on any atom is -0.466 e. The van der Waals surface area contributed by atoms with Gasteiger partial charge in [-0.1, -0.05) is 43.0 Å². The molecule has 1 unspecified atom stereocenters. The van der Waals surface area contributed by atoms with Gasteiger partial charge < -0.3 is 9.47 Å². The predicted molar refractivity (Wildman–Crippen MR) is 61.2 cm³/mol. The Hall–Kier alpha value is -1.54. The Kier molecular flexibility index (Phi) is 4.13. The minimum absolute atomic E-state index is 0.569. The average Bonchev–Trinajstić information content (AvgIpc) is 2.30. The summed E-state index contributed by atoms with van der Waals surface area (Å²) in [5, 5.41) is 0. The molecular formula is C13H16O2. The van der Waals surface area contributed by atoms with Gasteiger partial charge in [0.15, 0.2) is 0 Å². The molecule has 0 bridgehead atoms. The monoisotopic (exact) mass is 204 g/mol. The molecule has 0 amide bonds. The maximum atomic E-state index is 5.48. The van der Waals surface area contributed by atoms with Gasteiger partial charge in [0.25, 0.3) is 0 Å². The molecule has 1 aromatic rings. The first-order valence-electron chi connectivity index (χ1n) is 4.79. The van der Waals surface area contributed by atoms with E-state index < -0.39 is 5.79 Å². The number of benzene rings is 1. The standard InChI is InChI=1S/C13H16O2/c1-4-11-13(14-3,15-5-2)12-9-7-6-8-10-12/h4-10H,1-2,11H2,3H3. The third-order valence-electron chi connectivity index (χ3n) is 2.23. The molecule has 0 saturated carbocycles. The molecule has 0 spiro atoms. The van der Waals surface area contributed by atoms with Gasteiger partial charge in [0.1, 0.15) is 0 Å². The third kappa shape index (κ3) is 2.48. The summed E-state index contributed by atoms with van der Waals surface area (Å²) in [4.78, 5) is 0. The summed E-state index contributed by atoms with van der Waals surface area (Å²) in [6, 6.07) is 9.75.